The molecule has 0 bridgehead atoms. The van der Waals surface area contributed by atoms with Gasteiger partial charge in [0.05, 0.1) is 12.6 Å². The average Bonchev–Trinajstić information content (AvgIpc) is 2.44. The number of benzene rings is 2. The van der Waals surface area contributed by atoms with E-state index in [2.05, 4.69) is 27.3 Å². The van der Waals surface area contributed by atoms with E-state index in [0.29, 0.717) is 12.4 Å². The minimum Gasteiger partial charge on any atom is -0.508 e. The average molecular weight is 334 g/mol. The number of nitrogens with one attached hydrogen (secondary N) is 1. The molecule has 0 fully saturated rings. The van der Waals surface area contributed by atoms with Gasteiger partial charge in [0.15, 0.2) is 0 Å². The monoisotopic (exact) mass is 333 g/mol. The summed E-state index contributed by atoms with van der Waals surface area (Å²) < 4.78 is 6.74. The van der Waals surface area contributed by atoms with Crippen molar-refractivity contribution in [2.45, 2.75) is 19.4 Å². The van der Waals surface area contributed by atoms with Crippen molar-refractivity contribution in [3.05, 3.63) is 52.0 Å². The van der Waals surface area contributed by atoms with Crippen LogP contribution in [0.3, 0.4) is 0 Å². The molecule has 2 aromatic carbocycles. The maximum atomic E-state index is 9.59. The Bertz CT molecular complexity index is 642. The number of phenols is 1. The van der Waals surface area contributed by atoms with Crippen LogP contribution in [0.4, 0.5) is 5.69 Å². The molecule has 1 aliphatic rings. The van der Waals surface area contributed by atoms with Crippen molar-refractivity contribution in [3.8, 4) is 11.5 Å². The molecule has 0 radical (unpaired) electrons. The normalized spacial score (nSPS) is 17.2. The quantitative estimate of drug-likeness (QED) is 0.800. The van der Waals surface area contributed by atoms with Gasteiger partial charge in [-0.05, 0) is 48.9 Å². The van der Waals surface area contributed by atoms with Crippen LogP contribution in [0.2, 0.25) is 0 Å². The van der Waals surface area contributed by atoms with E-state index in [1.165, 1.54) is 0 Å². The molecule has 0 aromatic heterocycles. The van der Waals surface area contributed by atoms with Crippen molar-refractivity contribution >= 4 is 21.6 Å². The third-order valence-corrected chi connectivity index (χ3v) is 4.04. The number of fused-ring (bicyclic) bond motifs is 1. The molecule has 0 saturated carbocycles. The first-order valence-electron chi connectivity index (χ1n) is 6.62. The zero-order valence-electron chi connectivity index (χ0n) is 11.2. The van der Waals surface area contributed by atoms with Gasteiger partial charge in [-0.1, -0.05) is 15.9 Å². The molecule has 4 heteroatoms. The van der Waals surface area contributed by atoms with Crippen molar-refractivity contribution < 1.29 is 9.84 Å². The van der Waals surface area contributed by atoms with Crippen molar-refractivity contribution in [1.29, 1.82) is 0 Å². The molecule has 104 valence electrons. The summed E-state index contributed by atoms with van der Waals surface area (Å²) in [6.07, 6.45) is 0.920. The molecule has 0 saturated heterocycles. The molecule has 2 N–H and O–H groups in total. The molecule has 1 atom stereocenters. The van der Waals surface area contributed by atoms with Crippen LogP contribution in [-0.2, 0) is 0 Å². The van der Waals surface area contributed by atoms with Crippen LogP contribution >= 0.6 is 15.9 Å². The highest BCUT2D eigenvalue weighted by atomic mass is 79.9. The summed E-state index contributed by atoms with van der Waals surface area (Å²) in [5, 5.41) is 13.1. The molecule has 1 aliphatic heterocycles. The van der Waals surface area contributed by atoms with Gasteiger partial charge >= 0.3 is 0 Å². The number of aromatic hydroxyl groups is 1. The number of aryl methyl sites for hydroxylation is 1. The Balaban J connectivity index is 1.89. The second-order valence-corrected chi connectivity index (χ2v) is 5.93. The van der Waals surface area contributed by atoms with Crippen LogP contribution in [0.1, 0.15) is 23.6 Å². The lowest BCUT2D eigenvalue weighted by molar-refractivity contribution is 0.274. The summed E-state index contributed by atoms with van der Waals surface area (Å²) >= 11 is 3.51. The first-order valence-corrected chi connectivity index (χ1v) is 7.41. The Morgan fingerprint density at radius 3 is 2.90 bits per heavy atom. The van der Waals surface area contributed by atoms with E-state index in [1.54, 1.807) is 6.07 Å². The standard InChI is InChI=1S/C16H16BrNO2/c1-10-8-12(3-4-15(10)19)18-14-6-7-20-16-5-2-11(17)9-13(14)16/h2-5,8-9,14,18-19H,6-7H2,1H3. The van der Waals surface area contributed by atoms with Crippen LogP contribution < -0.4 is 10.1 Å². The van der Waals surface area contributed by atoms with Gasteiger partial charge in [-0.25, -0.2) is 0 Å². The fourth-order valence-electron chi connectivity index (χ4n) is 2.46. The zero-order chi connectivity index (χ0) is 14.1. The minimum atomic E-state index is 0.222. The van der Waals surface area contributed by atoms with Crippen molar-refractivity contribution in [1.82, 2.24) is 0 Å². The van der Waals surface area contributed by atoms with E-state index in [1.807, 2.05) is 31.2 Å². The molecule has 0 aliphatic carbocycles. The van der Waals surface area contributed by atoms with Gasteiger partial charge in [-0.2, -0.15) is 0 Å². The summed E-state index contributed by atoms with van der Waals surface area (Å²) in [5.41, 5.74) is 3.05. The zero-order valence-corrected chi connectivity index (χ0v) is 12.8. The maximum Gasteiger partial charge on any atom is 0.124 e. The lowest BCUT2D eigenvalue weighted by atomic mass is 10.00. The SMILES string of the molecule is Cc1cc(NC2CCOc3ccc(Br)cc32)ccc1O. The van der Waals surface area contributed by atoms with Gasteiger partial charge in [0.2, 0.25) is 0 Å². The highest BCUT2D eigenvalue weighted by Crippen LogP contribution is 2.36. The van der Waals surface area contributed by atoms with Gasteiger partial charge in [0, 0.05) is 22.1 Å². The van der Waals surface area contributed by atoms with Crippen LogP contribution in [-0.4, -0.2) is 11.7 Å². The first kappa shape index (κ1) is 13.3. The van der Waals surface area contributed by atoms with Crippen molar-refractivity contribution in [3.63, 3.8) is 0 Å². The Labute approximate surface area is 126 Å². The van der Waals surface area contributed by atoms with E-state index in [9.17, 15) is 5.11 Å². The van der Waals surface area contributed by atoms with Gasteiger partial charge in [0.25, 0.3) is 0 Å². The first-order chi connectivity index (χ1) is 9.63. The molecule has 1 unspecified atom stereocenters. The summed E-state index contributed by atoms with van der Waals surface area (Å²) in [6.45, 7) is 2.61. The summed E-state index contributed by atoms with van der Waals surface area (Å²) in [7, 11) is 0. The highest BCUT2D eigenvalue weighted by molar-refractivity contribution is 9.10. The predicted molar refractivity (Wildman–Crippen MR) is 83.5 cm³/mol. The predicted octanol–water partition coefficient (Wildman–Crippen LogP) is 4.40. The fourth-order valence-corrected chi connectivity index (χ4v) is 2.84. The number of phenolic OH excluding ortho intramolecular Hbond substituents is 1. The van der Waals surface area contributed by atoms with Crippen LogP contribution in [0.25, 0.3) is 0 Å². The number of rotatable bonds is 2. The molecular weight excluding hydrogens is 318 g/mol. The van der Waals surface area contributed by atoms with Gasteiger partial charge in [-0.15, -0.1) is 0 Å². The Hall–Kier alpha value is -1.68. The Kier molecular flexibility index (Phi) is 3.57. The molecule has 2 aromatic rings. The van der Waals surface area contributed by atoms with Gasteiger partial charge < -0.3 is 15.2 Å². The maximum absolute atomic E-state index is 9.59. The van der Waals surface area contributed by atoms with E-state index in [0.717, 1.165) is 33.5 Å². The number of halogens is 1. The molecule has 20 heavy (non-hydrogen) atoms. The van der Waals surface area contributed by atoms with E-state index < -0.39 is 0 Å². The molecule has 3 nitrogen and oxygen atoms in total. The van der Waals surface area contributed by atoms with Crippen LogP contribution in [0.15, 0.2) is 40.9 Å². The summed E-state index contributed by atoms with van der Waals surface area (Å²) in [4.78, 5) is 0. The number of hydrogen-bond donors (Lipinski definition) is 2. The lowest BCUT2D eigenvalue weighted by Crippen LogP contribution is -2.20. The third kappa shape index (κ3) is 2.61. The molecule has 1 heterocycles. The van der Waals surface area contributed by atoms with E-state index >= 15 is 0 Å². The number of anilines is 1. The summed E-state index contributed by atoms with van der Waals surface area (Å²) in [6, 6.07) is 11.9. The molecule has 0 spiro atoms. The second kappa shape index (κ2) is 5.37. The fraction of sp³-hybridized carbons (Fsp3) is 0.250. The number of hydrogen-bond acceptors (Lipinski definition) is 3. The second-order valence-electron chi connectivity index (χ2n) is 5.02. The molecule has 0 amide bonds. The van der Waals surface area contributed by atoms with Crippen molar-refractivity contribution in [2.24, 2.45) is 0 Å². The highest BCUT2D eigenvalue weighted by Gasteiger charge is 2.21. The van der Waals surface area contributed by atoms with E-state index in [4.69, 9.17) is 4.74 Å². The summed E-state index contributed by atoms with van der Waals surface area (Å²) in [5.74, 6) is 1.26. The smallest absolute Gasteiger partial charge is 0.124 e. The van der Waals surface area contributed by atoms with Crippen molar-refractivity contribution in [2.75, 3.05) is 11.9 Å². The minimum absolute atomic E-state index is 0.222. The molecular formula is C16H16BrNO2. The third-order valence-electron chi connectivity index (χ3n) is 3.55. The Morgan fingerprint density at radius 2 is 2.10 bits per heavy atom. The molecule has 3 rings (SSSR count). The lowest BCUT2D eigenvalue weighted by Gasteiger charge is -2.28. The van der Waals surface area contributed by atoms with Crippen LogP contribution in [0.5, 0.6) is 11.5 Å². The topological polar surface area (TPSA) is 41.5 Å². The van der Waals surface area contributed by atoms with Gasteiger partial charge in [-0.3, -0.25) is 0 Å². The Morgan fingerprint density at radius 1 is 1.25 bits per heavy atom. The number of ether oxygens (including phenoxy) is 1. The largest absolute Gasteiger partial charge is 0.508 e. The van der Waals surface area contributed by atoms with Crippen LogP contribution in [0, 0.1) is 6.92 Å². The van der Waals surface area contributed by atoms with E-state index in [-0.39, 0.29) is 6.04 Å². The van der Waals surface area contributed by atoms with Gasteiger partial charge in [0.1, 0.15) is 11.5 Å².